The van der Waals surface area contributed by atoms with Crippen molar-refractivity contribution in [1.82, 2.24) is 5.32 Å². The molecule has 0 atom stereocenters. The average Bonchev–Trinajstić information content (AvgIpc) is 2.23. The summed E-state index contributed by atoms with van der Waals surface area (Å²) >= 11 is 1.91. The van der Waals surface area contributed by atoms with E-state index < -0.39 is 0 Å². The van der Waals surface area contributed by atoms with E-state index in [1.807, 2.05) is 17.8 Å². The first-order valence-corrected chi connectivity index (χ1v) is 6.43. The Morgan fingerprint density at radius 2 is 2.33 bits per heavy atom. The van der Waals surface area contributed by atoms with Gasteiger partial charge in [-0.15, -0.1) is 6.58 Å². The zero-order chi connectivity index (χ0) is 10.9. The van der Waals surface area contributed by atoms with Crippen molar-refractivity contribution in [3.05, 3.63) is 48.0 Å². The number of benzene rings is 1. The van der Waals surface area contributed by atoms with Gasteiger partial charge in [0, 0.05) is 24.6 Å². The van der Waals surface area contributed by atoms with Crippen molar-refractivity contribution in [3.8, 4) is 0 Å². The van der Waals surface area contributed by atoms with Crippen LogP contribution in [0, 0.1) is 6.92 Å². The van der Waals surface area contributed by atoms with Crippen LogP contribution in [0.2, 0.25) is 0 Å². The molecule has 0 aliphatic rings. The Bertz CT molecular complexity index is 296. The lowest BCUT2D eigenvalue weighted by atomic mass is 10.1. The van der Waals surface area contributed by atoms with Crippen LogP contribution < -0.4 is 5.32 Å². The van der Waals surface area contributed by atoms with Gasteiger partial charge in [-0.2, -0.15) is 11.8 Å². The van der Waals surface area contributed by atoms with Crippen LogP contribution in [-0.2, 0) is 6.54 Å². The van der Waals surface area contributed by atoms with E-state index in [4.69, 9.17) is 0 Å². The minimum absolute atomic E-state index is 0.969. The van der Waals surface area contributed by atoms with Crippen LogP contribution in [0.5, 0.6) is 0 Å². The molecule has 0 unspecified atom stereocenters. The summed E-state index contributed by atoms with van der Waals surface area (Å²) in [6, 6.07) is 8.63. The monoisotopic (exact) mass is 221 g/mol. The van der Waals surface area contributed by atoms with Gasteiger partial charge in [0.15, 0.2) is 0 Å². The maximum absolute atomic E-state index is 3.69. The zero-order valence-electron chi connectivity index (χ0n) is 9.33. The van der Waals surface area contributed by atoms with Crippen molar-refractivity contribution in [3.63, 3.8) is 0 Å². The number of aryl methyl sites for hydroxylation is 1. The van der Waals surface area contributed by atoms with Crippen molar-refractivity contribution in [2.75, 3.05) is 18.1 Å². The molecule has 0 aliphatic heterocycles. The van der Waals surface area contributed by atoms with Gasteiger partial charge in [0.1, 0.15) is 0 Å². The molecule has 1 nitrogen and oxygen atoms in total. The van der Waals surface area contributed by atoms with Gasteiger partial charge in [0.05, 0.1) is 0 Å². The summed E-state index contributed by atoms with van der Waals surface area (Å²) in [7, 11) is 0. The van der Waals surface area contributed by atoms with Crippen molar-refractivity contribution in [2.45, 2.75) is 13.5 Å². The Hall–Kier alpha value is -0.730. The first kappa shape index (κ1) is 12.3. The molecule has 0 heterocycles. The normalized spacial score (nSPS) is 10.2. The van der Waals surface area contributed by atoms with Gasteiger partial charge in [-0.1, -0.05) is 35.9 Å². The predicted octanol–water partition coefficient (Wildman–Crippen LogP) is 3.00. The van der Waals surface area contributed by atoms with Crippen molar-refractivity contribution in [2.24, 2.45) is 0 Å². The second-order valence-corrected chi connectivity index (χ2v) is 4.68. The molecular formula is C13H19NS. The molecule has 1 aromatic carbocycles. The third-order valence-electron chi connectivity index (χ3n) is 2.07. The van der Waals surface area contributed by atoms with E-state index in [-0.39, 0.29) is 0 Å². The van der Waals surface area contributed by atoms with Gasteiger partial charge in [0.25, 0.3) is 0 Å². The zero-order valence-corrected chi connectivity index (χ0v) is 10.1. The van der Waals surface area contributed by atoms with E-state index in [1.165, 1.54) is 11.1 Å². The van der Waals surface area contributed by atoms with Gasteiger partial charge in [-0.25, -0.2) is 0 Å². The predicted molar refractivity (Wildman–Crippen MR) is 70.4 cm³/mol. The van der Waals surface area contributed by atoms with E-state index in [1.54, 1.807) is 0 Å². The van der Waals surface area contributed by atoms with Crippen LogP contribution in [0.4, 0.5) is 0 Å². The Morgan fingerprint density at radius 3 is 3.07 bits per heavy atom. The minimum Gasteiger partial charge on any atom is -0.312 e. The molecule has 0 saturated carbocycles. The molecule has 0 saturated heterocycles. The number of nitrogens with one attached hydrogen (secondary N) is 1. The van der Waals surface area contributed by atoms with Crippen molar-refractivity contribution in [1.29, 1.82) is 0 Å². The van der Waals surface area contributed by atoms with E-state index >= 15 is 0 Å². The van der Waals surface area contributed by atoms with Crippen molar-refractivity contribution < 1.29 is 0 Å². The standard InChI is InChI=1S/C13H19NS/c1-3-8-15-9-7-14-11-13-6-4-5-12(2)10-13/h3-6,10,14H,1,7-9,11H2,2H3. The fourth-order valence-electron chi connectivity index (χ4n) is 1.37. The molecule has 0 bridgehead atoms. The largest absolute Gasteiger partial charge is 0.312 e. The van der Waals surface area contributed by atoms with Crippen LogP contribution in [0.25, 0.3) is 0 Å². The van der Waals surface area contributed by atoms with Gasteiger partial charge < -0.3 is 5.32 Å². The van der Waals surface area contributed by atoms with E-state index in [9.17, 15) is 0 Å². The number of hydrogen-bond donors (Lipinski definition) is 1. The number of rotatable bonds is 7. The maximum atomic E-state index is 3.69. The van der Waals surface area contributed by atoms with Gasteiger partial charge in [0.2, 0.25) is 0 Å². The molecule has 0 amide bonds. The van der Waals surface area contributed by atoms with Crippen LogP contribution >= 0.6 is 11.8 Å². The Balaban J connectivity index is 2.12. The average molecular weight is 221 g/mol. The van der Waals surface area contributed by atoms with Crippen LogP contribution in [-0.4, -0.2) is 18.1 Å². The van der Waals surface area contributed by atoms with Gasteiger partial charge in [-0.3, -0.25) is 0 Å². The molecule has 0 aliphatic carbocycles. The SMILES string of the molecule is C=CCSCCNCc1cccc(C)c1. The van der Waals surface area contributed by atoms with Crippen LogP contribution in [0.1, 0.15) is 11.1 Å². The second kappa shape index (κ2) is 7.55. The lowest BCUT2D eigenvalue weighted by molar-refractivity contribution is 0.732. The second-order valence-electron chi connectivity index (χ2n) is 3.53. The molecule has 1 rings (SSSR count). The molecule has 15 heavy (non-hydrogen) atoms. The summed E-state index contributed by atoms with van der Waals surface area (Å²) in [4.78, 5) is 0. The van der Waals surface area contributed by atoms with Gasteiger partial charge in [-0.05, 0) is 12.5 Å². The fraction of sp³-hybridized carbons (Fsp3) is 0.385. The maximum Gasteiger partial charge on any atom is 0.0205 e. The summed E-state index contributed by atoms with van der Waals surface area (Å²) in [5, 5.41) is 3.43. The topological polar surface area (TPSA) is 12.0 Å². The Morgan fingerprint density at radius 1 is 1.47 bits per heavy atom. The molecule has 0 radical (unpaired) electrons. The molecule has 82 valence electrons. The van der Waals surface area contributed by atoms with Gasteiger partial charge >= 0.3 is 0 Å². The first-order valence-electron chi connectivity index (χ1n) is 5.28. The number of hydrogen-bond acceptors (Lipinski definition) is 2. The fourth-order valence-corrected chi connectivity index (χ4v) is 1.99. The summed E-state index contributed by atoms with van der Waals surface area (Å²) in [6.07, 6.45) is 1.95. The third kappa shape index (κ3) is 5.65. The highest BCUT2D eigenvalue weighted by Gasteiger charge is 1.92. The highest BCUT2D eigenvalue weighted by atomic mass is 32.2. The van der Waals surface area contributed by atoms with E-state index in [2.05, 4.69) is 43.1 Å². The Labute approximate surface area is 97.0 Å². The van der Waals surface area contributed by atoms with E-state index in [0.29, 0.717) is 0 Å². The molecule has 0 spiro atoms. The molecule has 1 N–H and O–H groups in total. The smallest absolute Gasteiger partial charge is 0.0205 e. The lowest BCUT2D eigenvalue weighted by Crippen LogP contribution is -2.16. The Kier molecular flexibility index (Phi) is 6.21. The molecule has 0 aromatic heterocycles. The minimum atomic E-state index is 0.969. The summed E-state index contributed by atoms with van der Waals surface area (Å²) in [5.41, 5.74) is 2.69. The highest BCUT2D eigenvalue weighted by molar-refractivity contribution is 7.99. The van der Waals surface area contributed by atoms with Crippen LogP contribution in [0.3, 0.4) is 0 Å². The summed E-state index contributed by atoms with van der Waals surface area (Å²) in [5.74, 6) is 2.20. The molecule has 1 aromatic rings. The van der Waals surface area contributed by atoms with Crippen LogP contribution in [0.15, 0.2) is 36.9 Å². The molecule has 0 fully saturated rings. The third-order valence-corrected chi connectivity index (χ3v) is 3.03. The lowest BCUT2D eigenvalue weighted by Gasteiger charge is -2.04. The highest BCUT2D eigenvalue weighted by Crippen LogP contribution is 2.03. The summed E-state index contributed by atoms with van der Waals surface area (Å²) < 4.78 is 0. The molecule has 2 heteroatoms. The quantitative estimate of drug-likeness (QED) is 0.561. The summed E-state index contributed by atoms with van der Waals surface area (Å²) in [6.45, 7) is 7.85. The van der Waals surface area contributed by atoms with Crippen molar-refractivity contribution >= 4 is 11.8 Å². The molecular weight excluding hydrogens is 202 g/mol. The number of thioether (sulfide) groups is 1. The van der Waals surface area contributed by atoms with E-state index in [0.717, 1.165) is 24.6 Å². The first-order chi connectivity index (χ1) is 7.33.